The molecule has 0 aliphatic heterocycles. The summed E-state index contributed by atoms with van der Waals surface area (Å²) in [7, 11) is -3.67. The fraction of sp³-hybridized carbons (Fsp3) is 0.263. The number of carbonyl (C=O) groups is 1. The fourth-order valence-corrected chi connectivity index (χ4v) is 3.80. The Hall–Kier alpha value is -3.31. The molecule has 158 valence electrons. The molecule has 10 nitrogen and oxygen atoms in total. The van der Waals surface area contributed by atoms with Crippen LogP contribution in [-0.4, -0.2) is 46.9 Å². The molecule has 0 aliphatic rings. The number of benzene rings is 1. The molecule has 0 bridgehead atoms. The summed E-state index contributed by atoms with van der Waals surface area (Å²) in [6.07, 6.45) is 3.50. The number of aryl methyl sites for hydroxylation is 2. The van der Waals surface area contributed by atoms with E-state index in [2.05, 4.69) is 30.3 Å². The number of amides is 1. The number of carbonyl (C=O) groups excluding carboxylic acids is 1. The minimum absolute atomic E-state index is 0.118. The van der Waals surface area contributed by atoms with Gasteiger partial charge in [0.05, 0.1) is 4.90 Å². The van der Waals surface area contributed by atoms with Crippen LogP contribution in [0.5, 0.6) is 0 Å². The van der Waals surface area contributed by atoms with Crippen LogP contribution in [0.3, 0.4) is 0 Å². The number of hydrogen-bond acceptors (Lipinski definition) is 7. The zero-order valence-corrected chi connectivity index (χ0v) is 17.7. The first-order chi connectivity index (χ1) is 14.2. The van der Waals surface area contributed by atoms with Crippen molar-refractivity contribution in [1.29, 1.82) is 0 Å². The van der Waals surface area contributed by atoms with E-state index < -0.39 is 10.0 Å². The zero-order valence-electron chi connectivity index (χ0n) is 16.9. The van der Waals surface area contributed by atoms with E-state index in [9.17, 15) is 13.2 Å². The van der Waals surface area contributed by atoms with Crippen LogP contribution in [-0.2, 0) is 14.8 Å². The number of aromatic nitrogens is 4. The van der Waals surface area contributed by atoms with E-state index in [1.807, 2.05) is 17.7 Å². The van der Waals surface area contributed by atoms with Gasteiger partial charge in [0.2, 0.25) is 15.9 Å². The number of anilines is 2. The average Bonchev–Trinajstić information content (AvgIpc) is 3.11. The van der Waals surface area contributed by atoms with Crippen LogP contribution in [0.4, 0.5) is 11.5 Å². The number of sulfonamides is 1. The lowest BCUT2D eigenvalue weighted by atomic mass is 10.3. The number of imidazole rings is 1. The monoisotopic (exact) mass is 429 g/mol. The Labute approximate surface area is 174 Å². The summed E-state index contributed by atoms with van der Waals surface area (Å²) in [5.41, 5.74) is 0.534. The molecule has 2 heterocycles. The third-order valence-electron chi connectivity index (χ3n) is 4.11. The molecular weight excluding hydrogens is 406 g/mol. The highest BCUT2D eigenvalue weighted by atomic mass is 32.2. The molecule has 30 heavy (non-hydrogen) atoms. The van der Waals surface area contributed by atoms with Crippen molar-refractivity contribution in [3.05, 3.63) is 54.4 Å². The number of hydrogen-bond donors (Lipinski definition) is 3. The summed E-state index contributed by atoms with van der Waals surface area (Å²) in [5, 5.41) is 5.70. The van der Waals surface area contributed by atoms with Gasteiger partial charge in [0.15, 0.2) is 0 Å². The van der Waals surface area contributed by atoms with Crippen molar-refractivity contribution < 1.29 is 13.2 Å². The van der Waals surface area contributed by atoms with E-state index in [0.717, 1.165) is 5.82 Å². The molecule has 3 rings (SSSR count). The maximum atomic E-state index is 12.4. The van der Waals surface area contributed by atoms with Crippen LogP contribution in [0.15, 0.2) is 47.6 Å². The highest BCUT2D eigenvalue weighted by Crippen LogP contribution is 2.14. The van der Waals surface area contributed by atoms with Crippen molar-refractivity contribution in [3.8, 4) is 5.82 Å². The van der Waals surface area contributed by atoms with E-state index in [-0.39, 0.29) is 17.3 Å². The lowest BCUT2D eigenvalue weighted by Gasteiger charge is -2.11. The van der Waals surface area contributed by atoms with Crippen molar-refractivity contribution in [3.63, 3.8) is 0 Å². The predicted octanol–water partition coefficient (Wildman–Crippen LogP) is 1.63. The third-order valence-corrected chi connectivity index (χ3v) is 5.58. The Morgan fingerprint density at radius 2 is 1.83 bits per heavy atom. The average molecular weight is 430 g/mol. The Kier molecular flexibility index (Phi) is 6.43. The van der Waals surface area contributed by atoms with Crippen LogP contribution in [0.2, 0.25) is 0 Å². The van der Waals surface area contributed by atoms with Crippen molar-refractivity contribution in [2.24, 2.45) is 0 Å². The van der Waals surface area contributed by atoms with Gasteiger partial charge in [-0.2, -0.15) is 0 Å². The summed E-state index contributed by atoms with van der Waals surface area (Å²) in [5.74, 6) is 2.43. The molecule has 3 aromatic rings. The number of rotatable bonds is 8. The molecule has 0 aliphatic carbocycles. The Bertz CT molecular complexity index is 1140. The molecule has 11 heteroatoms. The molecule has 0 unspecified atom stereocenters. The molecule has 0 atom stereocenters. The minimum Gasteiger partial charge on any atom is -0.369 e. The van der Waals surface area contributed by atoms with Crippen molar-refractivity contribution in [2.45, 2.75) is 25.7 Å². The van der Waals surface area contributed by atoms with E-state index >= 15 is 0 Å². The number of nitrogens with one attached hydrogen (secondary N) is 3. The van der Waals surface area contributed by atoms with Crippen molar-refractivity contribution >= 4 is 27.4 Å². The van der Waals surface area contributed by atoms with Gasteiger partial charge in [-0.15, -0.1) is 0 Å². The van der Waals surface area contributed by atoms with Crippen LogP contribution >= 0.6 is 0 Å². The van der Waals surface area contributed by atoms with Gasteiger partial charge in [-0.1, -0.05) is 0 Å². The Balaban J connectivity index is 1.58. The Morgan fingerprint density at radius 3 is 2.47 bits per heavy atom. The van der Waals surface area contributed by atoms with Gasteiger partial charge in [0, 0.05) is 44.2 Å². The first-order valence-corrected chi connectivity index (χ1v) is 10.7. The van der Waals surface area contributed by atoms with Gasteiger partial charge >= 0.3 is 0 Å². The quantitative estimate of drug-likeness (QED) is 0.464. The Morgan fingerprint density at radius 1 is 1.10 bits per heavy atom. The van der Waals surface area contributed by atoms with Crippen LogP contribution in [0.1, 0.15) is 18.6 Å². The molecule has 1 amide bonds. The standard InChI is InChI=1S/C19H23N7O3S/c1-13-23-18(12-19(24-13)26-11-10-20-14(26)2)21-8-9-22-30(28,29)17-6-4-16(5-7-17)25-15(3)27/h4-7,10-12,22H,8-9H2,1-3H3,(H,25,27)(H,21,23,24). The largest absolute Gasteiger partial charge is 0.369 e. The maximum Gasteiger partial charge on any atom is 0.240 e. The lowest BCUT2D eigenvalue weighted by molar-refractivity contribution is -0.114. The zero-order chi connectivity index (χ0) is 21.7. The van der Waals surface area contributed by atoms with E-state index in [4.69, 9.17) is 0 Å². The van der Waals surface area contributed by atoms with Crippen molar-refractivity contribution in [1.82, 2.24) is 24.2 Å². The van der Waals surface area contributed by atoms with Gasteiger partial charge < -0.3 is 10.6 Å². The van der Waals surface area contributed by atoms with Gasteiger partial charge in [0.1, 0.15) is 23.3 Å². The molecule has 0 radical (unpaired) electrons. The van der Waals surface area contributed by atoms with Crippen LogP contribution in [0, 0.1) is 13.8 Å². The molecule has 2 aromatic heterocycles. The highest BCUT2D eigenvalue weighted by Gasteiger charge is 2.13. The second-order valence-corrected chi connectivity index (χ2v) is 8.30. The molecular formula is C19H23N7O3S. The maximum absolute atomic E-state index is 12.4. The molecule has 3 N–H and O–H groups in total. The van der Waals surface area contributed by atoms with E-state index in [0.29, 0.717) is 29.7 Å². The first-order valence-electron chi connectivity index (χ1n) is 9.22. The second kappa shape index (κ2) is 9.01. The molecule has 1 aromatic carbocycles. The topological polar surface area (TPSA) is 131 Å². The molecule has 0 saturated carbocycles. The normalized spacial score (nSPS) is 11.3. The highest BCUT2D eigenvalue weighted by molar-refractivity contribution is 7.89. The lowest BCUT2D eigenvalue weighted by Crippen LogP contribution is -2.29. The summed E-state index contributed by atoms with van der Waals surface area (Å²) >= 11 is 0. The fourth-order valence-electron chi connectivity index (χ4n) is 2.77. The summed E-state index contributed by atoms with van der Waals surface area (Å²) in [6, 6.07) is 7.73. The number of nitrogens with zero attached hydrogens (tertiary/aromatic N) is 4. The molecule has 0 saturated heterocycles. The van der Waals surface area contributed by atoms with Crippen LogP contribution < -0.4 is 15.4 Å². The summed E-state index contributed by atoms with van der Waals surface area (Å²) < 4.78 is 29.2. The first kappa shape index (κ1) is 21.4. The van der Waals surface area contributed by atoms with Gasteiger partial charge in [-0.3, -0.25) is 9.36 Å². The minimum atomic E-state index is -3.67. The predicted molar refractivity (Wildman–Crippen MR) is 113 cm³/mol. The third kappa shape index (κ3) is 5.39. The summed E-state index contributed by atoms with van der Waals surface area (Å²) in [4.78, 5) is 24.1. The SMILES string of the molecule is CC(=O)Nc1ccc(S(=O)(=O)NCCNc2cc(-n3ccnc3C)nc(C)n2)cc1. The van der Waals surface area contributed by atoms with E-state index in [1.54, 1.807) is 19.2 Å². The summed E-state index contributed by atoms with van der Waals surface area (Å²) in [6.45, 7) is 5.55. The van der Waals surface area contributed by atoms with Crippen molar-refractivity contribution in [2.75, 3.05) is 23.7 Å². The molecule has 0 fully saturated rings. The smallest absolute Gasteiger partial charge is 0.240 e. The molecule has 0 spiro atoms. The van der Waals surface area contributed by atoms with Gasteiger partial charge in [0.25, 0.3) is 0 Å². The second-order valence-electron chi connectivity index (χ2n) is 6.53. The van der Waals surface area contributed by atoms with Gasteiger partial charge in [-0.05, 0) is 38.1 Å². The van der Waals surface area contributed by atoms with Crippen LogP contribution in [0.25, 0.3) is 5.82 Å². The van der Waals surface area contributed by atoms with E-state index in [1.165, 1.54) is 31.2 Å². The van der Waals surface area contributed by atoms with Gasteiger partial charge in [-0.25, -0.2) is 28.1 Å².